The van der Waals surface area contributed by atoms with E-state index >= 15 is 0 Å². The van der Waals surface area contributed by atoms with Crippen LogP contribution < -0.4 is 11.1 Å². The van der Waals surface area contributed by atoms with Crippen molar-refractivity contribution in [2.24, 2.45) is 5.41 Å². The minimum atomic E-state index is -0.0313. The zero-order valence-corrected chi connectivity index (χ0v) is 13.1. The van der Waals surface area contributed by atoms with Crippen molar-refractivity contribution in [1.82, 2.24) is 4.98 Å². The summed E-state index contributed by atoms with van der Waals surface area (Å²) in [7, 11) is 0. The van der Waals surface area contributed by atoms with Gasteiger partial charge in [0.25, 0.3) is 0 Å². The Kier molecular flexibility index (Phi) is 3.63. The van der Waals surface area contributed by atoms with Crippen LogP contribution in [0.2, 0.25) is 0 Å². The smallest absolute Gasteiger partial charge is 0.0743 e. The first kappa shape index (κ1) is 14.6. The molecule has 0 fully saturated rings. The number of nitrogen functional groups attached to an aromatic ring is 1. The van der Waals surface area contributed by atoms with Crippen molar-refractivity contribution in [2.45, 2.75) is 46.6 Å². The lowest BCUT2D eigenvalue weighted by molar-refractivity contribution is 0.302. The molecule has 0 saturated heterocycles. The summed E-state index contributed by atoms with van der Waals surface area (Å²) in [5.74, 6) is 0. The van der Waals surface area contributed by atoms with Crippen LogP contribution in [0.25, 0.3) is 10.9 Å². The van der Waals surface area contributed by atoms with Crippen LogP contribution >= 0.6 is 0 Å². The summed E-state index contributed by atoms with van der Waals surface area (Å²) >= 11 is 0. The molecule has 2 rings (SSSR count). The second kappa shape index (κ2) is 4.97. The average molecular weight is 271 g/mol. The maximum atomic E-state index is 6.13. The largest absolute Gasteiger partial charge is 0.396 e. The molecule has 1 heterocycles. The van der Waals surface area contributed by atoms with Gasteiger partial charge in [0.15, 0.2) is 0 Å². The van der Waals surface area contributed by atoms with Gasteiger partial charge in [-0.05, 0) is 31.7 Å². The van der Waals surface area contributed by atoms with Crippen LogP contribution in [0, 0.1) is 5.41 Å². The van der Waals surface area contributed by atoms with Crippen molar-refractivity contribution in [3.05, 3.63) is 30.5 Å². The Morgan fingerprint density at radius 2 is 1.75 bits per heavy atom. The predicted octanol–water partition coefficient (Wildman–Crippen LogP) is 4.44. The molecule has 1 aromatic carbocycles. The van der Waals surface area contributed by atoms with Gasteiger partial charge in [-0.1, -0.05) is 39.0 Å². The molecule has 1 aromatic heterocycles. The third kappa shape index (κ3) is 3.41. The summed E-state index contributed by atoms with van der Waals surface area (Å²) < 4.78 is 0. The van der Waals surface area contributed by atoms with E-state index in [0.29, 0.717) is 5.69 Å². The van der Waals surface area contributed by atoms with E-state index in [1.54, 1.807) is 6.20 Å². The van der Waals surface area contributed by atoms with Gasteiger partial charge in [-0.2, -0.15) is 0 Å². The number of hydrogen-bond donors (Lipinski definition) is 2. The fraction of sp³-hybridized carbons (Fsp3) is 0.471. The van der Waals surface area contributed by atoms with Crippen LogP contribution in [0.5, 0.6) is 0 Å². The number of nitrogens with two attached hydrogens (primary N) is 1. The number of pyridine rings is 1. The highest BCUT2D eigenvalue weighted by atomic mass is 15.0. The first-order chi connectivity index (χ1) is 9.18. The molecule has 0 bridgehead atoms. The molecular formula is C17H25N3. The molecule has 3 nitrogen and oxygen atoms in total. The number of rotatable bonds is 3. The number of fused-ring (bicyclic) bond motifs is 1. The summed E-state index contributed by atoms with van der Waals surface area (Å²) in [5.41, 5.74) is 9.02. The molecule has 3 N–H and O–H groups in total. The molecule has 3 heteroatoms. The van der Waals surface area contributed by atoms with E-state index in [4.69, 9.17) is 5.73 Å². The highest BCUT2D eigenvalue weighted by Crippen LogP contribution is 2.34. The van der Waals surface area contributed by atoms with E-state index in [0.717, 1.165) is 23.0 Å². The Balaban J connectivity index is 2.40. The fourth-order valence-corrected chi connectivity index (χ4v) is 3.00. The zero-order valence-electron chi connectivity index (χ0n) is 13.1. The average Bonchev–Trinajstić information content (AvgIpc) is 2.30. The number of aromatic nitrogens is 1. The van der Waals surface area contributed by atoms with E-state index in [1.165, 1.54) is 0 Å². The molecule has 0 aliphatic rings. The lowest BCUT2D eigenvalue weighted by Crippen LogP contribution is -2.35. The maximum absolute atomic E-state index is 6.13. The Hall–Kier alpha value is -1.77. The minimum absolute atomic E-state index is 0.0313. The summed E-state index contributed by atoms with van der Waals surface area (Å²) in [6.07, 6.45) is 2.79. The molecule has 0 aliphatic heterocycles. The Morgan fingerprint density at radius 3 is 2.40 bits per heavy atom. The SMILES string of the molecule is CC(C)(C)CC(C)(C)Nc1c(N)cnc2ccccc12. The maximum Gasteiger partial charge on any atom is 0.0743 e. The molecule has 0 amide bonds. The van der Waals surface area contributed by atoms with Gasteiger partial charge in [-0.3, -0.25) is 4.98 Å². The molecule has 0 radical (unpaired) electrons. The summed E-state index contributed by atoms with van der Waals surface area (Å²) in [5, 5.41) is 4.70. The number of nitrogens with one attached hydrogen (secondary N) is 1. The van der Waals surface area contributed by atoms with Gasteiger partial charge in [0.2, 0.25) is 0 Å². The molecule has 20 heavy (non-hydrogen) atoms. The Morgan fingerprint density at radius 1 is 1.10 bits per heavy atom. The van der Waals surface area contributed by atoms with Crippen LogP contribution in [0.15, 0.2) is 30.5 Å². The molecule has 0 saturated carbocycles. The molecule has 0 aliphatic carbocycles. The van der Waals surface area contributed by atoms with Crippen molar-refractivity contribution in [2.75, 3.05) is 11.1 Å². The number of para-hydroxylation sites is 1. The predicted molar refractivity (Wildman–Crippen MR) is 87.9 cm³/mol. The zero-order chi connectivity index (χ0) is 15.0. The Labute approximate surface area is 121 Å². The molecule has 108 valence electrons. The van der Waals surface area contributed by atoms with Gasteiger partial charge in [-0.15, -0.1) is 0 Å². The van der Waals surface area contributed by atoms with Crippen LogP contribution in [-0.2, 0) is 0 Å². The van der Waals surface area contributed by atoms with Gasteiger partial charge in [0.05, 0.1) is 23.1 Å². The Bertz CT molecular complexity index is 609. The van der Waals surface area contributed by atoms with Gasteiger partial charge in [-0.25, -0.2) is 0 Å². The van der Waals surface area contributed by atoms with Gasteiger partial charge >= 0.3 is 0 Å². The quantitative estimate of drug-likeness (QED) is 0.867. The standard InChI is InChI=1S/C17H25N3/c1-16(2,3)11-17(4,5)20-15-12-8-6-7-9-14(12)19-10-13(15)18/h6-10H,11,18H2,1-5H3,(H,19,20). The highest BCUT2D eigenvalue weighted by Gasteiger charge is 2.26. The number of hydrogen-bond acceptors (Lipinski definition) is 3. The fourth-order valence-electron chi connectivity index (χ4n) is 3.00. The molecule has 0 spiro atoms. The van der Waals surface area contributed by atoms with Gasteiger partial charge in [0, 0.05) is 10.9 Å². The third-order valence-corrected chi connectivity index (χ3v) is 3.24. The molecule has 0 unspecified atom stereocenters. The number of benzene rings is 1. The molecule has 2 aromatic rings. The van der Waals surface area contributed by atoms with Crippen LogP contribution in [-0.4, -0.2) is 10.5 Å². The third-order valence-electron chi connectivity index (χ3n) is 3.24. The second-order valence-electron chi connectivity index (χ2n) is 7.35. The monoisotopic (exact) mass is 271 g/mol. The summed E-state index contributed by atoms with van der Waals surface area (Å²) in [6, 6.07) is 8.09. The topological polar surface area (TPSA) is 50.9 Å². The first-order valence-corrected chi connectivity index (χ1v) is 7.09. The molecular weight excluding hydrogens is 246 g/mol. The number of nitrogens with zero attached hydrogens (tertiary/aromatic N) is 1. The van der Waals surface area contributed by atoms with Crippen molar-refractivity contribution < 1.29 is 0 Å². The van der Waals surface area contributed by atoms with E-state index in [2.05, 4.69) is 51.0 Å². The number of anilines is 2. The summed E-state index contributed by atoms with van der Waals surface area (Å²) in [6.45, 7) is 11.2. The van der Waals surface area contributed by atoms with Gasteiger partial charge in [0.1, 0.15) is 0 Å². The minimum Gasteiger partial charge on any atom is -0.396 e. The van der Waals surface area contributed by atoms with Gasteiger partial charge < -0.3 is 11.1 Å². The second-order valence-corrected chi connectivity index (χ2v) is 7.35. The first-order valence-electron chi connectivity index (χ1n) is 7.09. The van der Waals surface area contributed by atoms with E-state index in [9.17, 15) is 0 Å². The van der Waals surface area contributed by atoms with Crippen LogP contribution in [0.3, 0.4) is 0 Å². The van der Waals surface area contributed by atoms with E-state index < -0.39 is 0 Å². The summed E-state index contributed by atoms with van der Waals surface area (Å²) in [4.78, 5) is 4.38. The van der Waals surface area contributed by atoms with Crippen LogP contribution in [0.4, 0.5) is 11.4 Å². The van der Waals surface area contributed by atoms with Crippen molar-refractivity contribution in [3.8, 4) is 0 Å². The molecule has 0 atom stereocenters. The van der Waals surface area contributed by atoms with Crippen molar-refractivity contribution >= 4 is 22.3 Å². The van der Waals surface area contributed by atoms with E-state index in [1.807, 2.05) is 18.2 Å². The van der Waals surface area contributed by atoms with Crippen molar-refractivity contribution in [3.63, 3.8) is 0 Å². The van der Waals surface area contributed by atoms with Crippen LogP contribution in [0.1, 0.15) is 41.0 Å². The lowest BCUT2D eigenvalue weighted by atomic mass is 9.81. The normalized spacial score (nSPS) is 12.7. The highest BCUT2D eigenvalue weighted by molar-refractivity contribution is 5.97. The van der Waals surface area contributed by atoms with E-state index in [-0.39, 0.29) is 11.0 Å². The lowest BCUT2D eigenvalue weighted by Gasteiger charge is -2.35. The van der Waals surface area contributed by atoms with Crippen molar-refractivity contribution in [1.29, 1.82) is 0 Å².